The van der Waals surface area contributed by atoms with Gasteiger partial charge in [0.1, 0.15) is 11.5 Å². The molecule has 3 rings (SSSR count). The number of hydrogen-bond acceptors (Lipinski definition) is 4. The molecule has 3 amide bonds. The Kier molecular flexibility index (Phi) is 6.94. The van der Waals surface area contributed by atoms with E-state index in [1.807, 2.05) is 31.2 Å². The number of ether oxygens (including phenoxy) is 2. The second-order valence-electron chi connectivity index (χ2n) is 6.85. The second-order valence-corrected chi connectivity index (χ2v) is 6.85. The zero-order valence-electron chi connectivity index (χ0n) is 16.8. The van der Waals surface area contributed by atoms with Crippen molar-refractivity contribution in [2.24, 2.45) is 0 Å². The molecule has 2 N–H and O–H groups in total. The molecule has 2 aromatic carbocycles. The topological polar surface area (TPSA) is 79.9 Å². The Morgan fingerprint density at radius 1 is 1.00 bits per heavy atom. The van der Waals surface area contributed by atoms with E-state index in [0.717, 1.165) is 24.3 Å². The normalized spacial score (nSPS) is 14.2. The summed E-state index contributed by atoms with van der Waals surface area (Å²) in [5, 5.41) is 5.95. The van der Waals surface area contributed by atoms with E-state index in [1.54, 1.807) is 36.3 Å². The number of carbonyl (C=O) groups is 2. The summed E-state index contributed by atoms with van der Waals surface area (Å²) in [5.41, 5.74) is 1.33. The van der Waals surface area contributed by atoms with E-state index in [4.69, 9.17) is 9.47 Å². The lowest BCUT2D eigenvalue weighted by Gasteiger charge is -2.32. The van der Waals surface area contributed by atoms with Crippen molar-refractivity contribution >= 4 is 17.6 Å². The monoisotopic (exact) mass is 397 g/mol. The Balaban J connectivity index is 1.45. The van der Waals surface area contributed by atoms with Gasteiger partial charge in [-0.25, -0.2) is 4.79 Å². The minimum absolute atomic E-state index is 0.0547. The molecule has 2 aromatic rings. The second kappa shape index (κ2) is 9.82. The van der Waals surface area contributed by atoms with Crippen molar-refractivity contribution in [3.8, 4) is 11.5 Å². The summed E-state index contributed by atoms with van der Waals surface area (Å²) in [4.78, 5) is 26.6. The summed E-state index contributed by atoms with van der Waals surface area (Å²) in [7, 11) is 1.59. The molecule has 29 heavy (non-hydrogen) atoms. The summed E-state index contributed by atoms with van der Waals surface area (Å²) in [6.07, 6.45) is 1.44. The van der Waals surface area contributed by atoms with Gasteiger partial charge in [-0.05, 0) is 68.3 Å². The van der Waals surface area contributed by atoms with Crippen LogP contribution < -0.4 is 20.1 Å². The van der Waals surface area contributed by atoms with Gasteiger partial charge in [-0.3, -0.25) is 4.79 Å². The van der Waals surface area contributed by atoms with Gasteiger partial charge < -0.3 is 25.0 Å². The standard InChI is InChI=1S/C22H27N3O4/c1-3-29-20-10-6-17(7-11-20)24-22(27)25-14-12-18(13-15-25)23-21(26)16-4-8-19(28-2)9-5-16/h4-11,18H,3,12-15H2,1-2H3,(H,23,26)(H,24,27). The van der Waals surface area contributed by atoms with E-state index < -0.39 is 0 Å². The zero-order chi connectivity index (χ0) is 20.6. The van der Waals surface area contributed by atoms with E-state index in [-0.39, 0.29) is 18.0 Å². The van der Waals surface area contributed by atoms with E-state index in [0.29, 0.717) is 31.0 Å². The number of rotatable bonds is 6. The molecule has 0 spiro atoms. The summed E-state index contributed by atoms with van der Waals surface area (Å²) in [5.74, 6) is 1.39. The third-order valence-electron chi connectivity index (χ3n) is 4.89. The van der Waals surface area contributed by atoms with Crippen LogP contribution in [-0.2, 0) is 0 Å². The first kappa shape index (κ1) is 20.5. The maximum atomic E-state index is 12.5. The molecule has 154 valence electrons. The van der Waals surface area contributed by atoms with Crippen molar-refractivity contribution in [3.05, 3.63) is 54.1 Å². The smallest absolute Gasteiger partial charge is 0.321 e. The SMILES string of the molecule is CCOc1ccc(NC(=O)N2CCC(NC(=O)c3ccc(OC)cc3)CC2)cc1. The third kappa shape index (κ3) is 5.63. The number of urea groups is 1. The number of hydrogen-bond donors (Lipinski definition) is 2. The highest BCUT2D eigenvalue weighted by Crippen LogP contribution is 2.18. The maximum Gasteiger partial charge on any atom is 0.321 e. The first-order valence-electron chi connectivity index (χ1n) is 9.82. The first-order valence-corrected chi connectivity index (χ1v) is 9.82. The Morgan fingerprint density at radius 2 is 1.62 bits per heavy atom. The quantitative estimate of drug-likeness (QED) is 0.782. The number of amides is 3. The molecule has 1 heterocycles. The lowest BCUT2D eigenvalue weighted by atomic mass is 10.0. The van der Waals surface area contributed by atoms with Crippen molar-refractivity contribution in [1.29, 1.82) is 0 Å². The first-order chi connectivity index (χ1) is 14.1. The molecular formula is C22H27N3O4. The molecule has 1 fully saturated rings. The van der Waals surface area contributed by atoms with Gasteiger partial charge in [0, 0.05) is 30.4 Å². The molecule has 0 unspecified atom stereocenters. The summed E-state index contributed by atoms with van der Waals surface area (Å²) >= 11 is 0. The highest BCUT2D eigenvalue weighted by atomic mass is 16.5. The van der Waals surface area contributed by atoms with Crippen molar-refractivity contribution in [1.82, 2.24) is 10.2 Å². The van der Waals surface area contributed by atoms with E-state index in [2.05, 4.69) is 10.6 Å². The predicted molar refractivity (Wildman–Crippen MR) is 112 cm³/mol. The van der Waals surface area contributed by atoms with Crippen LogP contribution in [-0.4, -0.2) is 49.7 Å². The molecule has 7 nitrogen and oxygen atoms in total. The van der Waals surface area contributed by atoms with Gasteiger partial charge >= 0.3 is 6.03 Å². The fourth-order valence-electron chi connectivity index (χ4n) is 3.24. The molecule has 7 heteroatoms. The van der Waals surface area contributed by atoms with E-state index in [1.165, 1.54) is 0 Å². The van der Waals surface area contributed by atoms with Crippen LogP contribution in [0.4, 0.5) is 10.5 Å². The average molecular weight is 397 g/mol. The van der Waals surface area contributed by atoms with Crippen LogP contribution >= 0.6 is 0 Å². The molecule has 1 saturated heterocycles. The molecule has 0 aromatic heterocycles. The van der Waals surface area contributed by atoms with Crippen molar-refractivity contribution < 1.29 is 19.1 Å². The van der Waals surface area contributed by atoms with Crippen LogP contribution in [0, 0.1) is 0 Å². The fraction of sp³-hybridized carbons (Fsp3) is 0.364. The Hall–Kier alpha value is -3.22. The number of nitrogens with one attached hydrogen (secondary N) is 2. The van der Waals surface area contributed by atoms with Crippen molar-refractivity contribution in [2.75, 3.05) is 32.1 Å². The van der Waals surface area contributed by atoms with Crippen molar-refractivity contribution in [3.63, 3.8) is 0 Å². The Labute approximate surface area is 171 Å². The zero-order valence-corrected chi connectivity index (χ0v) is 16.8. The van der Waals surface area contributed by atoms with Crippen molar-refractivity contribution in [2.45, 2.75) is 25.8 Å². The Bertz CT molecular complexity index is 813. The molecule has 0 bridgehead atoms. The lowest BCUT2D eigenvalue weighted by Crippen LogP contribution is -2.47. The Morgan fingerprint density at radius 3 is 2.21 bits per heavy atom. The molecule has 1 aliphatic heterocycles. The van der Waals surface area contributed by atoms with Crippen LogP contribution in [0.2, 0.25) is 0 Å². The van der Waals surface area contributed by atoms with E-state index >= 15 is 0 Å². The number of anilines is 1. The molecule has 0 aliphatic carbocycles. The molecule has 0 saturated carbocycles. The van der Waals surface area contributed by atoms with Gasteiger partial charge in [-0.1, -0.05) is 0 Å². The number of methoxy groups -OCH3 is 1. The summed E-state index contributed by atoms with van der Waals surface area (Å²) in [6, 6.07) is 14.3. The number of nitrogens with zero attached hydrogens (tertiary/aromatic N) is 1. The fourth-order valence-corrected chi connectivity index (χ4v) is 3.24. The predicted octanol–water partition coefficient (Wildman–Crippen LogP) is 3.52. The molecule has 0 atom stereocenters. The van der Waals surface area contributed by atoms with Crippen LogP contribution in [0.5, 0.6) is 11.5 Å². The van der Waals surface area contributed by atoms with Crippen LogP contribution in [0.1, 0.15) is 30.1 Å². The van der Waals surface area contributed by atoms with Gasteiger partial charge in [0.25, 0.3) is 5.91 Å². The van der Waals surface area contributed by atoms with Gasteiger partial charge in [-0.2, -0.15) is 0 Å². The largest absolute Gasteiger partial charge is 0.497 e. The van der Waals surface area contributed by atoms with Crippen LogP contribution in [0.25, 0.3) is 0 Å². The maximum absolute atomic E-state index is 12.5. The lowest BCUT2D eigenvalue weighted by molar-refractivity contribution is 0.0919. The highest BCUT2D eigenvalue weighted by Gasteiger charge is 2.24. The average Bonchev–Trinajstić information content (AvgIpc) is 2.76. The summed E-state index contributed by atoms with van der Waals surface area (Å²) in [6.45, 7) is 3.72. The minimum atomic E-state index is -0.130. The minimum Gasteiger partial charge on any atom is -0.497 e. The van der Waals surface area contributed by atoms with Gasteiger partial charge in [0.15, 0.2) is 0 Å². The van der Waals surface area contributed by atoms with Gasteiger partial charge in [0.05, 0.1) is 13.7 Å². The molecular weight excluding hydrogens is 370 g/mol. The number of likely N-dealkylation sites (tertiary alicyclic amines) is 1. The highest BCUT2D eigenvalue weighted by molar-refractivity contribution is 5.94. The van der Waals surface area contributed by atoms with Gasteiger partial charge in [0.2, 0.25) is 0 Å². The van der Waals surface area contributed by atoms with E-state index in [9.17, 15) is 9.59 Å². The van der Waals surface area contributed by atoms with Crippen LogP contribution in [0.15, 0.2) is 48.5 Å². The number of carbonyl (C=O) groups excluding carboxylic acids is 2. The molecule has 1 aliphatic rings. The van der Waals surface area contributed by atoms with Gasteiger partial charge in [-0.15, -0.1) is 0 Å². The summed E-state index contributed by atoms with van der Waals surface area (Å²) < 4.78 is 10.5. The third-order valence-corrected chi connectivity index (χ3v) is 4.89. The molecule has 0 radical (unpaired) electrons. The van der Waals surface area contributed by atoms with Crippen LogP contribution in [0.3, 0.4) is 0 Å². The number of benzene rings is 2. The number of piperidine rings is 1.